The first-order chi connectivity index (χ1) is 8.52. The standard InChI is InChI=1S/C16H34N2/c1-13(2)11-17-12-16(14(3)4)18(5)15-9-7-6-8-10-15/h13-17H,6-12H2,1-5H3. The molecule has 1 atom stereocenters. The van der Waals surface area contributed by atoms with Gasteiger partial charge in [-0.2, -0.15) is 0 Å². The second kappa shape index (κ2) is 8.16. The normalized spacial score (nSPS) is 20.0. The summed E-state index contributed by atoms with van der Waals surface area (Å²) in [5, 5.41) is 3.64. The van der Waals surface area contributed by atoms with Crippen LogP contribution in [0.4, 0.5) is 0 Å². The van der Waals surface area contributed by atoms with Gasteiger partial charge in [0.25, 0.3) is 0 Å². The van der Waals surface area contributed by atoms with E-state index in [-0.39, 0.29) is 0 Å². The third-order valence-corrected chi connectivity index (χ3v) is 4.35. The molecule has 0 radical (unpaired) electrons. The quantitative estimate of drug-likeness (QED) is 0.748. The number of nitrogens with zero attached hydrogens (tertiary/aromatic N) is 1. The molecule has 0 aromatic rings. The summed E-state index contributed by atoms with van der Waals surface area (Å²) >= 11 is 0. The fourth-order valence-electron chi connectivity index (χ4n) is 3.13. The Morgan fingerprint density at radius 2 is 1.61 bits per heavy atom. The summed E-state index contributed by atoms with van der Waals surface area (Å²) in [6.07, 6.45) is 7.12. The molecule has 1 N–H and O–H groups in total. The largest absolute Gasteiger partial charge is 0.315 e. The Morgan fingerprint density at radius 1 is 1.00 bits per heavy atom. The zero-order valence-corrected chi connectivity index (χ0v) is 13.2. The molecule has 0 saturated heterocycles. The van der Waals surface area contributed by atoms with E-state index in [0.717, 1.165) is 31.0 Å². The van der Waals surface area contributed by atoms with Crippen molar-refractivity contribution < 1.29 is 0 Å². The van der Waals surface area contributed by atoms with Crippen molar-refractivity contribution in [2.24, 2.45) is 11.8 Å². The van der Waals surface area contributed by atoms with Gasteiger partial charge in [0.05, 0.1) is 0 Å². The Hall–Kier alpha value is -0.0800. The maximum absolute atomic E-state index is 3.64. The van der Waals surface area contributed by atoms with Crippen molar-refractivity contribution >= 4 is 0 Å². The van der Waals surface area contributed by atoms with Gasteiger partial charge in [-0.25, -0.2) is 0 Å². The number of hydrogen-bond donors (Lipinski definition) is 1. The lowest BCUT2D eigenvalue weighted by molar-refractivity contribution is 0.106. The van der Waals surface area contributed by atoms with E-state index in [9.17, 15) is 0 Å². The molecule has 18 heavy (non-hydrogen) atoms. The van der Waals surface area contributed by atoms with Crippen LogP contribution >= 0.6 is 0 Å². The highest BCUT2D eigenvalue weighted by Crippen LogP contribution is 2.24. The molecule has 1 rings (SSSR count). The van der Waals surface area contributed by atoms with Gasteiger partial charge in [0.15, 0.2) is 0 Å². The van der Waals surface area contributed by atoms with Crippen molar-refractivity contribution in [3.05, 3.63) is 0 Å². The third-order valence-electron chi connectivity index (χ3n) is 4.35. The highest BCUT2D eigenvalue weighted by molar-refractivity contribution is 4.82. The van der Waals surface area contributed by atoms with Crippen LogP contribution in [0.25, 0.3) is 0 Å². The van der Waals surface area contributed by atoms with Crippen molar-refractivity contribution in [1.82, 2.24) is 10.2 Å². The van der Waals surface area contributed by atoms with Crippen molar-refractivity contribution in [3.63, 3.8) is 0 Å². The molecule has 0 bridgehead atoms. The van der Waals surface area contributed by atoms with E-state index in [0.29, 0.717) is 6.04 Å². The zero-order valence-electron chi connectivity index (χ0n) is 13.2. The van der Waals surface area contributed by atoms with E-state index in [2.05, 4.69) is 45.0 Å². The summed E-state index contributed by atoms with van der Waals surface area (Å²) in [6, 6.07) is 1.51. The van der Waals surface area contributed by atoms with E-state index in [4.69, 9.17) is 0 Å². The van der Waals surface area contributed by atoms with Crippen molar-refractivity contribution in [1.29, 1.82) is 0 Å². The van der Waals surface area contributed by atoms with Gasteiger partial charge in [0.2, 0.25) is 0 Å². The molecule has 108 valence electrons. The Kier molecular flexibility index (Phi) is 7.25. The molecular formula is C16H34N2. The molecule has 2 heteroatoms. The molecule has 0 amide bonds. The Balaban J connectivity index is 2.43. The second-order valence-electron chi connectivity index (χ2n) is 6.82. The second-order valence-corrected chi connectivity index (χ2v) is 6.82. The predicted molar refractivity (Wildman–Crippen MR) is 81.0 cm³/mol. The molecule has 1 aliphatic rings. The lowest BCUT2D eigenvalue weighted by atomic mass is 9.91. The van der Waals surface area contributed by atoms with Crippen LogP contribution in [-0.2, 0) is 0 Å². The van der Waals surface area contributed by atoms with Gasteiger partial charge in [-0.15, -0.1) is 0 Å². The van der Waals surface area contributed by atoms with Gasteiger partial charge in [0, 0.05) is 18.6 Å². The minimum atomic E-state index is 0.687. The summed E-state index contributed by atoms with van der Waals surface area (Å²) in [5.74, 6) is 1.48. The molecule has 0 aliphatic heterocycles. The van der Waals surface area contributed by atoms with E-state index in [1.165, 1.54) is 32.1 Å². The first-order valence-corrected chi connectivity index (χ1v) is 7.95. The van der Waals surface area contributed by atoms with E-state index in [1.807, 2.05) is 0 Å². The third kappa shape index (κ3) is 5.27. The molecule has 2 nitrogen and oxygen atoms in total. The van der Waals surface area contributed by atoms with E-state index < -0.39 is 0 Å². The van der Waals surface area contributed by atoms with Gasteiger partial charge in [-0.3, -0.25) is 4.90 Å². The Labute approximate surface area is 115 Å². The molecule has 0 heterocycles. The minimum Gasteiger partial charge on any atom is -0.315 e. The Bertz CT molecular complexity index is 207. The molecular weight excluding hydrogens is 220 g/mol. The summed E-state index contributed by atoms with van der Waals surface area (Å²) in [5.41, 5.74) is 0. The fraction of sp³-hybridized carbons (Fsp3) is 1.00. The van der Waals surface area contributed by atoms with Crippen LogP contribution in [0.1, 0.15) is 59.8 Å². The number of nitrogens with one attached hydrogen (secondary N) is 1. The Morgan fingerprint density at radius 3 is 2.11 bits per heavy atom. The lowest BCUT2D eigenvalue weighted by Crippen LogP contribution is -2.49. The molecule has 0 aromatic carbocycles. The average Bonchev–Trinajstić information content (AvgIpc) is 2.34. The van der Waals surface area contributed by atoms with E-state index >= 15 is 0 Å². The van der Waals surface area contributed by atoms with Crippen LogP contribution in [-0.4, -0.2) is 37.1 Å². The molecule has 0 aromatic heterocycles. The van der Waals surface area contributed by atoms with Crippen molar-refractivity contribution in [2.75, 3.05) is 20.1 Å². The summed E-state index contributed by atoms with van der Waals surface area (Å²) in [7, 11) is 2.34. The zero-order chi connectivity index (χ0) is 13.5. The summed E-state index contributed by atoms with van der Waals surface area (Å²) < 4.78 is 0. The predicted octanol–water partition coefficient (Wildman–Crippen LogP) is 3.52. The van der Waals surface area contributed by atoms with Crippen LogP contribution in [0.15, 0.2) is 0 Å². The SMILES string of the molecule is CC(C)CNCC(C(C)C)N(C)C1CCCCC1. The average molecular weight is 254 g/mol. The topological polar surface area (TPSA) is 15.3 Å². The van der Waals surface area contributed by atoms with Crippen LogP contribution in [0.3, 0.4) is 0 Å². The van der Waals surface area contributed by atoms with E-state index in [1.54, 1.807) is 0 Å². The fourth-order valence-corrected chi connectivity index (χ4v) is 3.13. The van der Waals surface area contributed by atoms with Crippen LogP contribution in [0.5, 0.6) is 0 Å². The smallest absolute Gasteiger partial charge is 0.0243 e. The minimum absolute atomic E-state index is 0.687. The maximum Gasteiger partial charge on any atom is 0.0243 e. The number of likely N-dealkylation sites (N-methyl/N-ethyl adjacent to an activating group) is 1. The molecule has 1 unspecified atom stereocenters. The van der Waals surface area contributed by atoms with Gasteiger partial charge in [-0.1, -0.05) is 47.0 Å². The molecule has 0 spiro atoms. The van der Waals surface area contributed by atoms with Crippen LogP contribution < -0.4 is 5.32 Å². The first kappa shape index (κ1) is 16.0. The highest BCUT2D eigenvalue weighted by atomic mass is 15.2. The van der Waals surface area contributed by atoms with Gasteiger partial charge < -0.3 is 5.32 Å². The molecule has 1 aliphatic carbocycles. The summed E-state index contributed by atoms with van der Waals surface area (Å²) in [4.78, 5) is 2.66. The maximum atomic E-state index is 3.64. The lowest BCUT2D eigenvalue weighted by Gasteiger charge is -2.39. The summed E-state index contributed by atoms with van der Waals surface area (Å²) in [6.45, 7) is 11.6. The van der Waals surface area contributed by atoms with Crippen molar-refractivity contribution in [3.8, 4) is 0 Å². The van der Waals surface area contributed by atoms with Crippen molar-refractivity contribution in [2.45, 2.75) is 71.9 Å². The first-order valence-electron chi connectivity index (χ1n) is 7.95. The van der Waals surface area contributed by atoms with Crippen LogP contribution in [0, 0.1) is 11.8 Å². The van der Waals surface area contributed by atoms with Gasteiger partial charge in [-0.05, 0) is 38.3 Å². The molecule has 1 saturated carbocycles. The molecule has 1 fully saturated rings. The van der Waals surface area contributed by atoms with Gasteiger partial charge >= 0.3 is 0 Å². The van der Waals surface area contributed by atoms with Crippen LogP contribution in [0.2, 0.25) is 0 Å². The number of hydrogen-bond acceptors (Lipinski definition) is 2. The number of rotatable bonds is 7. The van der Waals surface area contributed by atoms with Gasteiger partial charge in [0.1, 0.15) is 0 Å². The monoisotopic (exact) mass is 254 g/mol. The highest BCUT2D eigenvalue weighted by Gasteiger charge is 2.26.